The summed E-state index contributed by atoms with van der Waals surface area (Å²) in [5.74, 6) is -0.738. The molecule has 0 aliphatic rings. The Hall–Kier alpha value is -0.790. The summed E-state index contributed by atoms with van der Waals surface area (Å²) in [6.07, 6.45) is 5.14. The molecule has 0 heterocycles. The van der Waals surface area contributed by atoms with Gasteiger partial charge < -0.3 is 5.11 Å². The Bertz CT molecular complexity index is 161. The van der Waals surface area contributed by atoms with E-state index in [-0.39, 0.29) is 0 Å². The van der Waals surface area contributed by atoms with Gasteiger partial charge in [-0.05, 0) is 20.3 Å². The largest absolute Gasteiger partial charge is 0.481 e. The van der Waals surface area contributed by atoms with Gasteiger partial charge in [-0.15, -0.1) is 0 Å². The molecule has 64 valence electrons. The number of hydrogen-bond donors (Lipinski definition) is 1. The standard InChI is InChI=1S/C9H16O2/c1-4-6-9(3,7-5-2)8(10)11/h4,6H,5,7H2,1-3H3,(H,10,11). The van der Waals surface area contributed by atoms with Crippen molar-refractivity contribution in [2.45, 2.75) is 33.6 Å². The molecule has 0 saturated heterocycles. The number of hydrogen-bond acceptors (Lipinski definition) is 1. The second-order valence-corrected chi connectivity index (χ2v) is 2.97. The summed E-state index contributed by atoms with van der Waals surface area (Å²) in [5.41, 5.74) is -0.663. The topological polar surface area (TPSA) is 37.3 Å². The molecule has 0 aromatic carbocycles. The van der Waals surface area contributed by atoms with Gasteiger partial charge in [-0.3, -0.25) is 4.79 Å². The van der Waals surface area contributed by atoms with Crippen LogP contribution in [0.5, 0.6) is 0 Å². The van der Waals surface area contributed by atoms with Crippen molar-refractivity contribution < 1.29 is 9.90 Å². The molecule has 1 N–H and O–H groups in total. The lowest BCUT2D eigenvalue weighted by molar-refractivity contribution is -0.145. The maximum absolute atomic E-state index is 10.7. The van der Waals surface area contributed by atoms with E-state index in [1.165, 1.54) is 0 Å². The third-order valence-electron chi connectivity index (χ3n) is 1.79. The fourth-order valence-electron chi connectivity index (χ4n) is 1.15. The molecule has 2 nitrogen and oxygen atoms in total. The maximum Gasteiger partial charge on any atom is 0.313 e. The summed E-state index contributed by atoms with van der Waals surface area (Å²) in [6.45, 7) is 5.58. The van der Waals surface area contributed by atoms with Crippen molar-refractivity contribution in [1.29, 1.82) is 0 Å². The van der Waals surface area contributed by atoms with E-state index in [0.29, 0.717) is 6.42 Å². The highest BCUT2D eigenvalue weighted by Gasteiger charge is 2.28. The van der Waals surface area contributed by atoms with Gasteiger partial charge in [0.2, 0.25) is 0 Å². The molecule has 0 rings (SSSR count). The predicted octanol–water partition coefficient (Wildman–Crippen LogP) is 2.45. The van der Waals surface area contributed by atoms with Crippen LogP contribution in [0.15, 0.2) is 12.2 Å². The van der Waals surface area contributed by atoms with Crippen LogP contribution in [0.4, 0.5) is 0 Å². The lowest BCUT2D eigenvalue weighted by Crippen LogP contribution is -2.24. The van der Waals surface area contributed by atoms with Gasteiger partial charge in [0.25, 0.3) is 0 Å². The molecule has 0 aromatic rings. The SMILES string of the molecule is CC=CC(C)(CCC)C(=O)O. The highest BCUT2D eigenvalue weighted by atomic mass is 16.4. The van der Waals surface area contributed by atoms with Crippen molar-refractivity contribution in [3.63, 3.8) is 0 Å². The molecule has 0 bridgehead atoms. The van der Waals surface area contributed by atoms with E-state index < -0.39 is 11.4 Å². The van der Waals surface area contributed by atoms with E-state index in [4.69, 9.17) is 5.11 Å². The Morgan fingerprint density at radius 1 is 1.64 bits per heavy atom. The third kappa shape index (κ3) is 2.74. The summed E-state index contributed by atoms with van der Waals surface area (Å²) in [5, 5.41) is 8.84. The summed E-state index contributed by atoms with van der Waals surface area (Å²) < 4.78 is 0. The van der Waals surface area contributed by atoms with E-state index in [2.05, 4.69) is 0 Å². The van der Waals surface area contributed by atoms with Crippen LogP contribution in [0.1, 0.15) is 33.6 Å². The highest BCUT2D eigenvalue weighted by molar-refractivity contribution is 5.76. The zero-order chi connectivity index (χ0) is 8.91. The highest BCUT2D eigenvalue weighted by Crippen LogP contribution is 2.24. The summed E-state index contributed by atoms with van der Waals surface area (Å²) in [7, 11) is 0. The summed E-state index contributed by atoms with van der Waals surface area (Å²) in [6, 6.07) is 0. The first-order valence-corrected chi connectivity index (χ1v) is 3.94. The van der Waals surface area contributed by atoms with E-state index in [1.54, 1.807) is 19.1 Å². The molecule has 0 radical (unpaired) electrons. The van der Waals surface area contributed by atoms with Crippen molar-refractivity contribution in [3.05, 3.63) is 12.2 Å². The third-order valence-corrected chi connectivity index (χ3v) is 1.79. The van der Waals surface area contributed by atoms with Crippen molar-refractivity contribution in [1.82, 2.24) is 0 Å². The van der Waals surface area contributed by atoms with Crippen LogP contribution in [0.2, 0.25) is 0 Å². The first kappa shape index (κ1) is 10.2. The van der Waals surface area contributed by atoms with Crippen molar-refractivity contribution in [3.8, 4) is 0 Å². The van der Waals surface area contributed by atoms with Crippen LogP contribution in [0.25, 0.3) is 0 Å². The zero-order valence-electron chi connectivity index (χ0n) is 7.42. The second kappa shape index (κ2) is 4.16. The maximum atomic E-state index is 10.7. The van der Waals surface area contributed by atoms with Crippen molar-refractivity contribution in [2.24, 2.45) is 5.41 Å². The van der Waals surface area contributed by atoms with Crippen molar-refractivity contribution >= 4 is 5.97 Å². The summed E-state index contributed by atoms with van der Waals surface area (Å²) in [4.78, 5) is 10.7. The molecule has 0 amide bonds. The number of rotatable bonds is 4. The van der Waals surface area contributed by atoms with Gasteiger partial charge in [0, 0.05) is 0 Å². The van der Waals surface area contributed by atoms with Gasteiger partial charge in [0.1, 0.15) is 0 Å². The molecule has 0 aliphatic carbocycles. The number of aliphatic carboxylic acids is 1. The molecule has 1 unspecified atom stereocenters. The minimum Gasteiger partial charge on any atom is -0.481 e. The van der Waals surface area contributed by atoms with Crippen molar-refractivity contribution in [2.75, 3.05) is 0 Å². The van der Waals surface area contributed by atoms with Gasteiger partial charge in [0.15, 0.2) is 0 Å². The van der Waals surface area contributed by atoms with Gasteiger partial charge in [-0.1, -0.05) is 25.5 Å². The second-order valence-electron chi connectivity index (χ2n) is 2.97. The molecule has 1 atom stereocenters. The fraction of sp³-hybridized carbons (Fsp3) is 0.667. The van der Waals surface area contributed by atoms with Crippen LogP contribution in [-0.4, -0.2) is 11.1 Å². The smallest absolute Gasteiger partial charge is 0.313 e. The van der Waals surface area contributed by atoms with Crippen LogP contribution in [0.3, 0.4) is 0 Å². The number of carbonyl (C=O) groups is 1. The number of carboxylic acids is 1. The van der Waals surface area contributed by atoms with Gasteiger partial charge >= 0.3 is 5.97 Å². The van der Waals surface area contributed by atoms with E-state index in [1.807, 2.05) is 13.8 Å². The average molecular weight is 156 g/mol. The van der Waals surface area contributed by atoms with Gasteiger partial charge in [-0.2, -0.15) is 0 Å². The fourth-order valence-corrected chi connectivity index (χ4v) is 1.15. The molecular formula is C9H16O2. The van der Waals surface area contributed by atoms with Crippen LogP contribution >= 0.6 is 0 Å². The molecule has 0 saturated carbocycles. The number of allylic oxidation sites excluding steroid dienone is 1. The normalized spacial score (nSPS) is 16.6. The molecule has 11 heavy (non-hydrogen) atoms. The molecule has 0 aromatic heterocycles. The minimum atomic E-state index is -0.738. The lowest BCUT2D eigenvalue weighted by Gasteiger charge is -2.19. The van der Waals surface area contributed by atoms with Crippen LogP contribution in [-0.2, 0) is 4.79 Å². The van der Waals surface area contributed by atoms with E-state index in [9.17, 15) is 4.79 Å². The van der Waals surface area contributed by atoms with Gasteiger partial charge in [-0.25, -0.2) is 0 Å². The first-order chi connectivity index (χ1) is 5.06. The molecule has 0 spiro atoms. The molecule has 0 aliphatic heterocycles. The summed E-state index contributed by atoms with van der Waals surface area (Å²) >= 11 is 0. The first-order valence-electron chi connectivity index (χ1n) is 3.94. The molecule has 2 heteroatoms. The molecular weight excluding hydrogens is 140 g/mol. The minimum absolute atomic E-state index is 0.663. The average Bonchev–Trinajstić information content (AvgIpc) is 1.88. The van der Waals surface area contributed by atoms with E-state index >= 15 is 0 Å². The van der Waals surface area contributed by atoms with Crippen LogP contribution in [0, 0.1) is 5.41 Å². The van der Waals surface area contributed by atoms with Gasteiger partial charge in [0.05, 0.1) is 5.41 Å². The lowest BCUT2D eigenvalue weighted by atomic mass is 9.85. The van der Waals surface area contributed by atoms with Crippen LogP contribution < -0.4 is 0 Å². The Kier molecular flexibility index (Phi) is 3.86. The van der Waals surface area contributed by atoms with E-state index in [0.717, 1.165) is 6.42 Å². The Morgan fingerprint density at radius 3 is 2.45 bits per heavy atom. The molecule has 0 fully saturated rings. The monoisotopic (exact) mass is 156 g/mol. The zero-order valence-corrected chi connectivity index (χ0v) is 7.42. The quantitative estimate of drug-likeness (QED) is 0.635. The predicted molar refractivity (Wildman–Crippen MR) is 45.5 cm³/mol. The number of carboxylic acid groups (broad SMARTS) is 1. The Balaban J connectivity index is 4.38. The Labute approximate surface area is 67.9 Å². The Morgan fingerprint density at radius 2 is 2.18 bits per heavy atom.